The van der Waals surface area contributed by atoms with Crippen LogP contribution in [0.15, 0.2) is 18.2 Å². The lowest BCUT2D eigenvalue weighted by molar-refractivity contribution is -0.0386. The molecule has 5 nitrogen and oxygen atoms in total. The first-order chi connectivity index (χ1) is 9.02. The van der Waals surface area contributed by atoms with Gasteiger partial charge in [-0.05, 0) is 38.5 Å². The van der Waals surface area contributed by atoms with E-state index in [0.717, 1.165) is 5.56 Å². The van der Waals surface area contributed by atoms with Crippen LogP contribution >= 0.6 is 0 Å². The molecule has 0 aliphatic carbocycles. The summed E-state index contributed by atoms with van der Waals surface area (Å²) in [5, 5.41) is 0. The molecule has 3 N–H and O–H groups in total. The minimum atomic E-state index is -0.00407. The lowest BCUT2D eigenvalue weighted by atomic mass is 10.1. The minimum Gasteiger partial charge on any atom is -0.375 e. The molecule has 1 aliphatic rings. The van der Waals surface area contributed by atoms with Crippen LogP contribution < -0.4 is 11.3 Å². The second kappa shape index (κ2) is 5.59. The Hall–Kier alpha value is -1.59. The summed E-state index contributed by atoms with van der Waals surface area (Å²) >= 11 is 0. The number of carbonyl (C=O) groups excluding carboxylic acids is 1. The van der Waals surface area contributed by atoms with Crippen LogP contribution in [0.5, 0.6) is 0 Å². The van der Waals surface area contributed by atoms with Crippen molar-refractivity contribution in [2.45, 2.75) is 32.9 Å². The molecule has 0 saturated carbocycles. The Morgan fingerprint density at radius 2 is 2.21 bits per heavy atom. The number of anilines is 1. The number of nitrogens with two attached hydrogens (primary N) is 1. The number of benzene rings is 1. The SMILES string of the molecule is Cc1ccc(C(=O)N2CC(C)OCC2C)c(NN)c1. The Labute approximate surface area is 113 Å². The molecule has 19 heavy (non-hydrogen) atoms. The van der Waals surface area contributed by atoms with Crippen LogP contribution in [0.2, 0.25) is 0 Å². The third-order valence-electron chi connectivity index (χ3n) is 3.43. The van der Waals surface area contributed by atoms with E-state index < -0.39 is 0 Å². The summed E-state index contributed by atoms with van der Waals surface area (Å²) in [6, 6.07) is 5.69. The number of nitrogens with zero attached hydrogens (tertiary/aromatic N) is 1. The molecule has 1 aromatic rings. The quantitative estimate of drug-likeness (QED) is 0.627. The largest absolute Gasteiger partial charge is 0.375 e. The van der Waals surface area contributed by atoms with Gasteiger partial charge in [0.1, 0.15) is 0 Å². The van der Waals surface area contributed by atoms with Crippen LogP contribution in [0.4, 0.5) is 5.69 Å². The molecular weight excluding hydrogens is 242 g/mol. The molecule has 2 rings (SSSR count). The molecule has 1 saturated heterocycles. The number of nitrogen functional groups attached to an aromatic ring is 1. The maximum atomic E-state index is 12.6. The maximum Gasteiger partial charge on any atom is 0.256 e. The van der Waals surface area contributed by atoms with Crippen LogP contribution in [-0.2, 0) is 4.74 Å². The lowest BCUT2D eigenvalue weighted by Gasteiger charge is -2.37. The fourth-order valence-corrected chi connectivity index (χ4v) is 2.30. The Morgan fingerprint density at radius 1 is 1.47 bits per heavy atom. The van der Waals surface area contributed by atoms with Crippen molar-refractivity contribution in [2.75, 3.05) is 18.6 Å². The van der Waals surface area contributed by atoms with Gasteiger partial charge in [0.2, 0.25) is 0 Å². The van der Waals surface area contributed by atoms with Crippen molar-refractivity contribution in [3.8, 4) is 0 Å². The Balaban J connectivity index is 2.28. The molecule has 5 heteroatoms. The Kier molecular flexibility index (Phi) is 4.07. The number of hydrogen-bond donors (Lipinski definition) is 2. The van der Waals surface area contributed by atoms with Gasteiger partial charge in [-0.25, -0.2) is 0 Å². The molecule has 1 aliphatic heterocycles. The second-order valence-corrected chi connectivity index (χ2v) is 5.14. The van der Waals surface area contributed by atoms with Crippen molar-refractivity contribution in [3.63, 3.8) is 0 Å². The van der Waals surface area contributed by atoms with Gasteiger partial charge in [0.15, 0.2) is 0 Å². The number of nitrogens with one attached hydrogen (secondary N) is 1. The Morgan fingerprint density at radius 3 is 2.89 bits per heavy atom. The van der Waals surface area contributed by atoms with E-state index in [1.807, 2.05) is 43.9 Å². The smallest absolute Gasteiger partial charge is 0.256 e. The number of hydrogen-bond acceptors (Lipinski definition) is 4. The molecular formula is C14H21N3O2. The van der Waals surface area contributed by atoms with Crippen molar-refractivity contribution in [3.05, 3.63) is 29.3 Å². The predicted octanol–water partition coefficient (Wildman–Crippen LogP) is 1.53. The Bertz CT molecular complexity index is 476. The molecule has 1 amide bonds. The summed E-state index contributed by atoms with van der Waals surface area (Å²) in [6.45, 7) is 7.12. The number of morpholine rings is 1. The van der Waals surface area contributed by atoms with E-state index in [9.17, 15) is 4.79 Å². The van der Waals surface area contributed by atoms with Crippen LogP contribution in [0.3, 0.4) is 0 Å². The van der Waals surface area contributed by atoms with Gasteiger partial charge in [-0.2, -0.15) is 0 Å². The van der Waals surface area contributed by atoms with E-state index in [2.05, 4.69) is 5.43 Å². The first-order valence-corrected chi connectivity index (χ1v) is 6.52. The van der Waals surface area contributed by atoms with Crippen LogP contribution in [-0.4, -0.2) is 36.1 Å². The highest BCUT2D eigenvalue weighted by molar-refractivity contribution is 5.99. The van der Waals surface area contributed by atoms with Gasteiger partial charge in [-0.15, -0.1) is 0 Å². The molecule has 0 bridgehead atoms. The summed E-state index contributed by atoms with van der Waals surface area (Å²) in [4.78, 5) is 14.5. The summed E-state index contributed by atoms with van der Waals surface area (Å²) in [7, 11) is 0. The first kappa shape index (κ1) is 13.8. The van der Waals surface area contributed by atoms with Gasteiger partial charge >= 0.3 is 0 Å². The highest BCUT2D eigenvalue weighted by Crippen LogP contribution is 2.21. The van der Waals surface area contributed by atoms with E-state index in [4.69, 9.17) is 10.6 Å². The van der Waals surface area contributed by atoms with E-state index in [0.29, 0.717) is 24.4 Å². The molecule has 0 spiro atoms. The van der Waals surface area contributed by atoms with Crippen LogP contribution in [0.1, 0.15) is 29.8 Å². The van der Waals surface area contributed by atoms with Crippen LogP contribution in [0, 0.1) is 6.92 Å². The maximum absolute atomic E-state index is 12.6. The number of aryl methyl sites for hydroxylation is 1. The van der Waals surface area contributed by atoms with E-state index in [1.165, 1.54) is 0 Å². The van der Waals surface area contributed by atoms with Crippen LogP contribution in [0.25, 0.3) is 0 Å². The molecule has 1 aromatic carbocycles. The average molecular weight is 263 g/mol. The summed E-state index contributed by atoms with van der Waals surface area (Å²) in [5.41, 5.74) is 4.94. The monoisotopic (exact) mass is 263 g/mol. The second-order valence-electron chi connectivity index (χ2n) is 5.14. The number of carbonyl (C=O) groups is 1. The molecule has 2 unspecified atom stereocenters. The molecule has 2 atom stereocenters. The minimum absolute atomic E-state index is 0.00407. The summed E-state index contributed by atoms with van der Waals surface area (Å²) in [5.74, 6) is 5.50. The number of rotatable bonds is 2. The van der Waals surface area contributed by atoms with Crippen molar-refractivity contribution >= 4 is 11.6 Å². The third-order valence-corrected chi connectivity index (χ3v) is 3.43. The van der Waals surface area contributed by atoms with Gasteiger partial charge in [0.05, 0.1) is 30.0 Å². The molecule has 1 heterocycles. The highest BCUT2D eigenvalue weighted by atomic mass is 16.5. The standard InChI is InChI=1S/C14H21N3O2/c1-9-4-5-12(13(6-9)16-15)14(18)17-7-11(3)19-8-10(17)2/h4-6,10-11,16H,7-8,15H2,1-3H3. The molecule has 0 aromatic heterocycles. The zero-order valence-corrected chi connectivity index (χ0v) is 11.6. The number of ether oxygens (including phenoxy) is 1. The van der Waals surface area contributed by atoms with E-state index >= 15 is 0 Å². The zero-order chi connectivity index (χ0) is 14.0. The molecule has 0 radical (unpaired) electrons. The van der Waals surface area contributed by atoms with Crippen molar-refractivity contribution in [2.24, 2.45) is 5.84 Å². The summed E-state index contributed by atoms with van der Waals surface area (Å²) < 4.78 is 5.55. The number of amides is 1. The zero-order valence-electron chi connectivity index (χ0n) is 11.6. The normalized spacial score (nSPS) is 23.3. The number of hydrazine groups is 1. The van der Waals surface area contributed by atoms with Crippen molar-refractivity contribution in [1.29, 1.82) is 0 Å². The van der Waals surface area contributed by atoms with Gasteiger partial charge in [-0.3, -0.25) is 10.6 Å². The molecule has 104 valence electrons. The first-order valence-electron chi connectivity index (χ1n) is 6.52. The third kappa shape index (κ3) is 2.88. The van der Waals surface area contributed by atoms with Gasteiger partial charge in [0.25, 0.3) is 5.91 Å². The topological polar surface area (TPSA) is 67.6 Å². The van der Waals surface area contributed by atoms with Crippen molar-refractivity contribution < 1.29 is 9.53 Å². The van der Waals surface area contributed by atoms with Gasteiger partial charge in [0, 0.05) is 6.54 Å². The predicted molar refractivity (Wildman–Crippen MR) is 74.9 cm³/mol. The van der Waals surface area contributed by atoms with E-state index in [1.54, 1.807) is 0 Å². The van der Waals surface area contributed by atoms with E-state index in [-0.39, 0.29) is 18.1 Å². The average Bonchev–Trinajstić information content (AvgIpc) is 2.40. The highest BCUT2D eigenvalue weighted by Gasteiger charge is 2.29. The van der Waals surface area contributed by atoms with Gasteiger partial charge < -0.3 is 15.1 Å². The fraction of sp³-hybridized carbons (Fsp3) is 0.500. The van der Waals surface area contributed by atoms with Gasteiger partial charge in [-0.1, -0.05) is 6.07 Å². The lowest BCUT2D eigenvalue weighted by Crippen LogP contribution is -2.50. The molecule has 1 fully saturated rings. The van der Waals surface area contributed by atoms with Crippen molar-refractivity contribution in [1.82, 2.24) is 4.90 Å². The summed E-state index contributed by atoms with van der Waals surface area (Å²) in [6.07, 6.45) is 0.0693. The fourth-order valence-electron chi connectivity index (χ4n) is 2.30.